The van der Waals surface area contributed by atoms with E-state index in [1.165, 1.54) is 0 Å². The summed E-state index contributed by atoms with van der Waals surface area (Å²) >= 11 is 0. The van der Waals surface area contributed by atoms with Crippen LogP contribution in [0.2, 0.25) is 0 Å². The molecule has 0 spiro atoms. The lowest BCUT2D eigenvalue weighted by Crippen LogP contribution is -2.49. The molecule has 2 aromatic carbocycles. The van der Waals surface area contributed by atoms with Crippen LogP contribution >= 0.6 is 0 Å². The number of carbonyl (C=O) groups excluding carboxylic acids is 1. The maximum absolute atomic E-state index is 12.3. The predicted molar refractivity (Wildman–Crippen MR) is 137 cm³/mol. The van der Waals surface area contributed by atoms with Gasteiger partial charge in [0.15, 0.2) is 0 Å². The SMILES string of the molecule is CC1(C)OB(c2ccc(OCCCN3CCN(C(=O)OCc4ccccc4)CC3)cc2)OC1(C)C. The molecule has 0 saturated carbocycles. The van der Waals surface area contributed by atoms with Crippen LogP contribution in [0.1, 0.15) is 39.7 Å². The molecule has 0 N–H and O–H groups in total. The average Bonchev–Trinajstić information content (AvgIpc) is 3.08. The fraction of sp³-hybridized carbons (Fsp3) is 0.519. The highest BCUT2D eigenvalue weighted by molar-refractivity contribution is 6.62. The van der Waals surface area contributed by atoms with Crippen molar-refractivity contribution in [3.05, 3.63) is 60.2 Å². The molecule has 2 aromatic rings. The van der Waals surface area contributed by atoms with Crippen LogP contribution in [0.3, 0.4) is 0 Å². The number of ether oxygens (including phenoxy) is 2. The Morgan fingerprint density at radius 2 is 1.54 bits per heavy atom. The Morgan fingerprint density at radius 3 is 2.17 bits per heavy atom. The Bertz CT molecular complexity index is 943. The Labute approximate surface area is 209 Å². The summed E-state index contributed by atoms with van der Waals surface area (Å²) in [6, 6.07) is 17.7. The van der Waals surface area contributed by atoms with Crippen molar-refractivity contribution in [1.29, 1.82) is 0 Å². The normalized spacial score (nSPS) is 19.5. The Hall–Kier alpha value is -2.55. The van der Waals surface area contributed by atoms with Crippen molar-refractivity contribution >= 4 is 18.7 Å². The summed E-state index contributed by atoms with van der Waals surface area (Å²) in [5.41, 5.74) is 1.31. The van der Waals surface area contributed by atoms with Gasteiger partial charge in [-0.1, -0.05) is 42.5 Å². The van der Waals surface area contributed by atoms with E-state index in [2.05, 4.69) is 32.6 Å². The third kappa shape index (κ3) is 6.57. The van der Waals surface area contributed by atoms with Crippen molar-refractivity contribution in [3.8, 4) is 5.75 Å². The Morgan fingerprint density at radius 1 is 0.914 bits per heavy atom. The summed E-state index contributed by atoms with van der Waals surface area (Å²) < 4.78 is 23.6. The molecule has 2 heterocycles. The van der Waals surface area contributed by atoms with E-state index < -0.39 is 0 Å². The van der Waals surface area contributed by atoms with E-state index in [0.717, 1.165) is 42.8 Å². The number of hydrogen-bond donors (Lipinski definition) is 0. The fourth-order valence-corrected chi connectivity index (χ4v) is 4.14. The monoisotopic (exact) mass is 480 g/mol. The number of amides is 1. The summed E-state index contributed by atoms with van der Waals surface area (Å²) in [6.45, 7) is 13.2. The van der Waals surface area contributed by atoms with Crippen LogP contribution in [0, 0.1) is 0 Å². The second-order valence-electron chi connectivity index (χ2n) is 10.2. The topological polar surface area (TPSA) is 60.5 Å². The Kier molecular flexibility index (Phi) is 8.04. The zero-order valence-electron chi connectivity index (χ0n) is 21.4. The number of hydrogen-bond acceptors (Lipinski definition) is 6. The molecule has 4 rings (SSSR count). The first-order valence-electron chi connectivity index (χ1n) is 12.5. The molecule has 8 heteroatoms. The van der Waals surface area contributed by atoms with Crippen LogP contribution < -0.4 is 10.2 Å². The van der Waals surface area contributed by atoms with E-state index in [9.17, 15) is 4.79 Å². The van der Waals surface area contributed by atoms with Gasteiger partial charge in [-0.3, -0.25) is 4.90 Å². The highest BCUT2D eigenvalue weighted by Crippen LogP contribution is 2.36. The van der Waals surface area contributed by atoms with Crippen molar-refractivity contribution in [1.82, 2.24) is 9.80 Å². The standard InChI is InChI=1S/C27H37BN2O5/c1-26(2)27(3,4)35-28(34-26)23-11-13-24(14-12-23)32-20-8-15-29-16-18-30(19-17-29)25(31)33-21-22-9-6-5-7-10-22/h5-7,9-14H,8,15-21H2,1-4H3. The highest BCUT2D eigenvalue weighted by Gasteiger charge is 2.51. The number of carbonyl (C=O) groups is 1. The molecule has 35 heavy (non-hydrogen) atoms. The van der Waals surface area contributed by atoms with Gasteiger partial charge in [0.05, 0.1) is 17.8 Å². The minimum Gasteiger partial charge on any atom is -0.494 e. The van der Waals surface area contributed by atoms with E-state index in [1.807, 2.05) is 54.6 Å². The van der Waals surface area contributed by atoms with Crippen LogP contribution in [0.25, 0.3) is 0 Å². The maximum atomic E-state index is 12.3. The van der Waals surface area contributed by atoms with Gasteiger partial charge in [0.1, 0.15) is 12.4 Å². The molecule has 2 saturated heterocycles. The van der Waals surface area contributed by atoms with E-state index in [1.54, 1.807) is 4.90 Å². The first-order valence-corrected chi connectivity index (χ1v) is 12.5. The number of benzene rings is 2. The largest absolute Gasteiger partial charge is 0.494 e. The second-order valence-corrected chi connectivity index (χ2v) is 10.2. The van der Waals surface area contributed by atoms with Gasteiger partial charge in [0, 0.05) is 32.7 Å². The molecule has 2 aliphatic heterocycles. The molecule has 0 unspecified atom stereocenters. The summed E-state index contributed by atoms with van der Waals surface area (Å²) in [7, 11) is -0.358. The third-order valence-electron chi connectivity index (χ3n) is 7.13. The van der Waals surface area contributed by atoms with Gasteiger partial charge in [-0.2, -0.15) is 0 Å². The molecule has 2 fully saturated rings. The third-order valence-corrected chi connectivity index (χ3v) is 7.13. The smallest absolute Gasteiger partial charge is 0.494 e. The van der Waals surface area contributed by atoms with Crippen LogP contribution in [-0.2, 0) is 20.7 Å². The molecule has 1 amide bonds. The first-order chi connectivity index (χ1) is 16.7. The molecule has 7 nitrogen and oxygen atoms in total. The van der Waals surface area contributed by atoms with Crippen molar-refractivity contribution in [3.63, 3.8) is 0 Å². The van der Waals surface area contributed by atoms with Crippen molar-refractivity contribution in [2.24, 2.45) is 0 Å². The van der Waals surface area contributed by atoms with E-state index in [0.29, 0.717) is 26.3 Å². The van der Waals surface area contributed by atoms with E-state index >= 15 is 0 Å². The Balaban J connectivity index is 1.11. The van der Waals surface area contributed by atoms with Crippen LogP contribution in [0.15, 0.2) is 54.6 Å². The van der Waals surface area contributed by atoms with Crippen molar-refractivity contribution < 1.29 is 23.6 Å². The summed E-state index contributed by atoms with van der Waals surface area (Å²) in [6.07, 6.45) is 0.693. The lowest BCUT2D eigenvalue weighted by Gasteiger charge is -2.34. The van der Waals surface area contributed by atoms with Crippen LogP contribution in [0.4, 0.5) is 4.79 Å². The summed E-state index contributed by atoms with van der Waals surface area (Å²) in [4.78, 5) is 16.5. The second kappa shape index (κ2) is 11.0. The zero-order valence-corrected chi connectivity index (χ0v) is 21.4. The molecule has 0 aromatic heterocycles. The van der Waals surface area contributed by atoms with Crippen molar-refractivity contribution in [2.45, 2.75) is 51.9 Å². The van der Waals surface area contributed by atoms with Gasteiger partial charge < -0.3 is 23.7 Å². The summed E-state index contributed by atoms with van der Waals surface area (Å²) in [5, 5.41) is 0. The molecule has 0 bridgehead atoms. The summed E-state index contributed by atoms with van der Waals surface area (Å²) in [5.74, 6) is 0.844. The van der Waals surface area contributed by atoms with Gasteiger partial charge in [0.2, 0.25) is 0 Å². The molecule has 0 radical (unpaired) electrons. The lowest BCUT2D eigenvalue weighted by atomic mass is 9.79. The number of piperazine rings is 1. The van der Waals surface area contributed by atoms with Crippen molar-refractivity contribution in [2.75, 3.05) is 39.3 Å². The zero-order chi connectivity index (χ0) is 24.9. The van der Waals surface area contributed by atoms with E-state index in [-0.39, 0.29) is 24.4 Å². The highest BCUT2D eigenvalue weighted by atomic mass is 16.7. The quantitative estimate of drug-likeness (QED) is 0.424. The van der Waals surface area contributed by atoms with Gasteiger partial charge in [0.25, 0.3) is 0 Å². The molecule has 0 atom stereocenters. The number of nitrogens with zero attached hydrogens (tertiary/aromatic N) is 2. The predicted octanol–water partition coefficient (Wildman–Crippen LogP) is 3.71. The average molecular weight is 480 g/mol. The number of rotatable bonds is 8. The molecular weight excluding hydrogens is 443 g/mol. The fourth-order valence-electron chi connectivity index (χ4n) is 4.14. The van der Waals surface area contributed by atoms with Gasteiger partial charge in [-0.15, -0.1) is 0 Å². The maximum Gasteiger partial charge on any atom is 0.494 e. The van der Waals surface area contributed by atoms with Crippen LogP contribution in [-0.4, -0.2) is 73.5 Å². The lowest BCUT2D eigenvalue weighted by molar-refractivity contribution is 0.00578. The first kappa shape index (κ1) is 25.5. The van der Waals surface area contributed by atoms with Gasteiger partial charge in [-0.05, 0) is 57.3 Å². The van der Waals surface area contributed by atoms with Crippen LogP contribution in [0.5, 0.6) is 5.75 Å². The molecular formula is C27H37BN2O5. The minimum absolute atomic E-state index is 0.235. The molecule has 2 aliphatic rings. The molecule has 0 aliphatic carbocycles. The minimum atomic E-state index is -0.358. The van der Waals surface area contributed by atoms with E-state index in [4.69, 9.17) is 18.8 Å². The molecule has 188 valence electrons. The van der Waals surface area contributed by atoms with Gasteiger partial charge in [-0.25, -0.2) is 4.79 Å². The van der Waals surface area contributed by atoms with Gasteiger partial charge >= 0.3 is 13.2 Å².